The van der Waals surface area contributed by atoms with Gasteiger partial charge in [-0.1, -0.05) is 47.5 Å². The number of halogens is 3. The Hall–Kier alpha value is -1.62. The van der Waals surface area contributed by atoms with E-state index in [0.29, 0.717) is 41.5 Å². The van der Waals surface area contributed by atoms with Crippen LogP contribution in [0.4, 0.5) is 4.39 Å². The molecule has 0 aliphatic carbocycles. The maximum atomic E-state index is 13.4. The van der Waals surface area contributed by atoms with Gasteiger partial charge in [0.1, 0.15) is 5.82 Å². The zero-order valence-electron chi connectivity index (χ0n) is 13.1. The second-order valence-corrected chi connectivity index (χ2v) is 6.20. The Morgan fingerprint density at radius 3 is 2.50 bits per heavy atom. The quantitative estimate of drug-likeness (QED) is 0.698. The standard InChI is InChI=1S/C18H19Cl2FN2O/c19-15-6-5-13(16(20)11-15)8-10-23-18(24)12-22-9-7-14-3-1-2-4-17(14)21/h1-6,11,22H,7-10,12H2,(H,23,24). The van der Waals surface area contributed by atoms with Crippen molar-refractivity contribution in [2.45, 2.75) is 12.8 Å². The van der Waals surface area contributed by atoms with Gasteiger partial charge < -0.3 is 10.6 Å². The molecule has 128 valence electrons. The normalized spacial score (nSPS) is 10.6. The van der Waals surface area contributed by atoms with Gasteiger partial charge in [0.05, 0.1) is 6.54 Å². The fraction of sp³-hybridized carbons (Fsp3) is 0.278. The average Bonchev–Trinajstić information content (AvgIpc) is 2.55. The van der Waals surface area contributed by atoms with Crippen LogP contribution in [0.5, 0.6) is 0 Å². The first-order chi connectivity index (χ1) is 11.6. The Labute approximate surface area is 151 Å². The molecule has 1 amide bonds. The number of carbonyl (C=O) groups is 1. The maximum absolute atomic E-state index is 13.4. The first kappa shape index (κ1) is 18.7. The van der Waals surface area contributed by atoms with Gasteiger partial charge in [0.15, 0.2) is 0 Å². The third kappa shape index (κ3) is 6.11. The molecule has 0 atom stereocenters. The van der Waals surface area contributed by atoms with Gasteiger partial charge in [0, 0.05) is 16.6 Å². The number of rotatable bonds is 8. The van der Waals surface area contributed by atoms with Gasteiger partial charge in [-0.25, -0.2) is 4.39 Å². The summed E-state index contributed by atoms with van der Waals surface area (Å²) in [6, 6.07) is 11.9. The van der Waals surface area contributed by atoms with E-state index in [9.17, 15) is 9.18 Å². The van der Waals surface area contributed by atoms with Crippen molar-refractivity contribution in [2.75, 3.05) is 19.6 Å². The Morgan fingerprint density at radius 2 is 1.75 bits per heavy atom. The second kappa shape index (κ2) is 9.62. The molecule has 0 saturated heterocycles. The highest BCUT2D eigenvalue weighted by atomic mass is 35.5. The number of nitrogens with one attached hydrogen (secondary N) is 2. The first-order valence-corrected chi connectivity index (χ1v) is 8.46. The Bertz CT molecular complexity index is 694. The summed E-state index contributed by atoms with van der Waals surface area (Å²) in [5.41, 5.74) is 1.58. The lowest BCUT2D eigenvalue weighted by Crippen LogP contribution is -2.35. The average molecular weight is 369 g/mol. The lowest BCUT2D eigenvalue weighted by atomic mass is 10.1. The van der Waals surface area contributed by atoms with Gasteiger partial charge in [-0.3, -0.25) is 4.79 Å². The van der Waals surface area contributed by atoms with Crippen molar-refractivity contribution in [3.8, 4) is 0 Å². The summed E-state index contributed by atoms with van der Waals surface area (Å²) < 4.78 is 13.4. The molecule has 0 saturated carbocycles. The highest BCUT2D eigenvalue weighted by molar-refractivity contribution is 6.35. The second-order valence-electron chi connectivity index (χ2n) is 5.35. The summed E-state index contributed by atoms with van der Waals surface area (Å²) in [5, 5.41) is 7.01. The number of hydrogen-bond donors (Lipinski definition) is 2. The summed E-state index contributed by atoms with van der Waals surface area (Å²) >= 11 is 11.9. The number of carbonyl (C=O) groups excluding carboxylic acids is 1. The lowest BCUT2D eigenvalue weighted by molar-refractivity contribution is -0.120. The smallest absolute Gasteiger partial charge is 0.233 e. The van der Waals surface area contributed by atoms with Crippen LogP contribution in [-0.4, -0.2) is 25.5 Å². The van der Waals surface area contributed by atoms with Crippen LogP contribution >= 0.6 is 23.2 Å². The van der Waals surface area contributed by atoms with Crippen molar-refractivity contribution in [2.24, 2.45) is 0 Å². The SMILES string of the molecule is O=C(CNCCc1ccccc1F)NCCc1ccc(Cl)cc1Cl. The van der Waals surface area contributed by atoms with E-state index in [0.717, 1.165) is 5.56 Å². The van der Waals surface area contributed by atoms with Crippen LogP contribution in [0.1, 0.15) is 11.1 Å². The molecule has 0 fully saturated rings. The molecule has 2 N–H and O–H groups in total. The fourth-order valence-corrected chi connectivity index (χ4v) is 2.75. The number of benzene rings is 2. The van der Waals surface area contributed by atoms with Crippen LogP contribution in [-0.2, 0) is 17.6 Å². The van der Waals surface area contributed by atoms with Crippen LogP contribution < -0.4 is 10.6 Å². The summed E-state index contributed by atoms with van der Waals surface area (Å²) in [5.74, 6) is -0.322. The highest BCUT2D eigenvalue weighted by Crippen LogP contribution is 2.20. The van der Waals surface area contributed by atoms with Crippen molar-refractivity contribution in [1.82, 2.24) is 10.6 Å². The summed E-state index contributed by atoms with van der Waals surface area (Å²) in [7, 11) is 0. The fourth-order valence-electron chi connectivity index (χ4n) is 2.25. The highest BCUT2D eigenvalue weighted by Gasteiger charge is 2.04. The van der Waals surface area contributed by atoms with Crippen molar-refractivity contribution >= 4 is 29.1 Å². The first-order valence-electron chi connectivity index (χ1n) is 7.71. The van der Waals surface area contributed by atoms with Crippen molar-refractivity contribution in [3.05, 3.63) is 69.5 Å². The van der Waals surface area contributed by atoms with Crippen LogP contribution in [0.15, 0.2) is 42.5 Å². The summed E-state index contributed by atoms with van der Waals surface area (Å²) in [6.07, 6.45) is 1.18. The van der Waals surface area contributed by atoms with Crippen molar-refractivity contribution in [3.63, 3.8) is 0 Å². The van der Waals surface area contributed by atoms with Crippen molar-refractivity contribution in [1.29, 1.82) is 0 Å². The molecule has 0 aromatic heterocycles. The van der Waals surface area contributed by atoms with E-state index in [1.54, 1.807) is 30.3 Å². The van der Waals surface area contributed by atoms with Crippen LogP contribution in [0.2, 0.25) is 10.0 Å². The number of hydrogen-bond acceptors (Lipinski definition) is 2. The number of amides is 1. The molecule has 3 nitrogen and oxygen atoms in total. The van der Waals surface area contributed by atoms with Crippen LogP contribution in [0.3, 0.4) is 0 Å². The molecule has 0 aliphatic rings. The Balaban J connectivity index is 1.62. The van der Waals surface area contributed by atoms with Crippen LogP contribution in [0, 0.1) is 5.82 Å². The largest absolute Gasteiger partial charge is 0.355 e. The predicted octanol–water partition coefficient (Wildman–Crippen LogP) is 3.62. The van der Waals surface area contributed by atoms with Gasteiger partial charge in [0.25, 0.3) is 0 Å². The zero-order chi connectivity index (χ0) is 17.4. The molecule has 24 heavy (non-hydrogen) atoms. The predicted molar refractivity (Wildman–Crippen MR) is 96.1 cm³/mol. The molecule has 0 unspecified atom stereocenters. The molecule has 0 heterocycles. The minimum Gasteiger partial charge on any atom is -0.355 e. The van der Waals surface area contributed by atoms with E-state index in [1.807, 2.05) is 6.07 Å². The maximum Gasteiger partial charge on any atom is 0.233 e. The molecule has 2 aromatic carbocycles. The Kier molecular flexibility index (Phi) is 7.50. The molecule has 2 rings (SSSR count). The van der Waals surface area contributed by atoms with E-state index in [4.69, 9.17) is 23.2 Å². The lowest BCUT2D eigenvalue weighted by Gasteiger charge is -2.08. The molecule has 0 bridgehead atoms. The topological polar surface area (TPSA) is 41.1 Å². The van der Waals surface area contributed by atoms with Crippen LogP contribution in [0.25, 0.3) is 0 Å². The molecular formula is C18H19Cl2FN2O. The molecule has 0 aliphatic heterocycles. The molecular weight excluding hydrogens is 350 g/mol. The third-order valence-corrected chi connectivity index (χ3v) is 4.13. The van der Waals surface area contributed by atoms with Gasteiger partial charge in [-0.05, 0) is 48.7 Å². The van der Waals surface area contributed by atoms with Gasteiger partial charge >= 0.3 is 0 Å². The molecule has 6 heteroatoms. The van der Waals surface area contributed by atoms with Crippen molar-refractivity contribution < 1.29 is 9.18 Å². The summed E-state index contributed by atoms with van der Waals surface area (Å²) in [4.78, 5) is 11.7. The van der Waals surface area contributed by atoms with E-state index in [1.165, 1.54) is 6.07 Å². The Morgan fingerprint density at radius 1 is 1.00 bits per heavy atom. The van der Waals surface area contributed by atoms with Gasteiger partial charge in [0.2, 0.25) is 5.91 Å². The van der Waals surface area contributed by atoms with E-state index >= 15 is 0 Å². The van der Waals surface area contributed by atoms with E-state index in [-0.39, 0.29) is 18.3 Å². The van der Waals surface area contributed by atoms with E-state index < -0.39 is 0 Å². The minimum atomic E-state index is -0.219. The van der Waals surface area contributed by atoms with E-state index in [2.05, 4.69) is 10.6 Å². The monoisotopic (exact) mass is 368 g/mol. The van der Waals surface area contributed by atoms with Gasteiger partial charge in [-0.15, -0.1) is 0 Å². The minimum absolute atomic E-state index is 0.103. The zero-order valence-corrected chi connectivity index (χ0v) is 14.6. The third-order valence-electron chi connectivity index (χ3n) is 3.55. The molecule has 2 aromatic rings. The summed E-state index contributed by atoms with van der Waals surface area (Å²) in [6.45, 7) is 1.23. The molecule has 0 spiro atoms. The van der Waals surface area contributed by atoms with Gasteiger partial charge in [-0.2, -0.15) is 0 Å². The molecule has 0 radical (unpaired) electrons.